The van der Waals surface area contributed by atoms with Crippen molar-refractivity contribution in [1.29, 1.82) is 0 Å². The highest BCUT2D eigenvalue weighted by molar-refractivity contribution is 6.32. The Hall–Kier alpha value is -2.53. The van der Waals surface area contributed by atoms with Gasteiger partial charge in [-0.25, -0.2) is 0 Å². The van der Waals surface area contributed by atoms with Crippen molar-refractivity contribution in [3.63, 3.8) is 0 Å². The van der Waals surface area contributed by atoms with Crippen LogP contribution in [0.4, 0.5) is 0 Å². The highest BCUT2D eigenvalue weighted by atomic mass is 35.5. The zero-order valence-corrected chi connectivity index (χ0v) is 17.2. The molecule has 154 valence electrons. The smallest absolute Gasteiger partial charge is 0.226 e. The number of para-hydroxylation sites is 1. The largest absolute Gasteiger partial charge is 0.492 e. The summed E-state index contributed by atoms with van der Waals surface area (Å²) in [5.41, 5.74) is 1.03. The third kappa shape index (κ3) is 6.79. The Balaban J connectivity index is 1.31. The molecule has 0 atom stereocenters. The summed E-state index contributed by atoms with van der Waals surface area (Å²) in [7, 11) is 0. The van der Waals surface area contributed by atoms with Crippen molar-refractivity contribution in [1.82, 2.24) is 10.2 Å². The maximum Gasteiger partial charge on any atom is 0.226 e. The fourth-order valence-corrected chi connectivity index (χ4v) is 3.62. The van der Waals surface area contributed by atoms with Crippen LogP contribution in [0.3, 0.4) is 0 Å². The van der Waals surface area contributed by atoms with Crippen LogP contribution in [-0.4, -0.2) is 42.5 Å². The molecule has 2 amide bonds. The molecule has 5 nitrogen and oxygen atoms in total. The number of hydrogen-bond acceptors (Lipinski definition) is 3. The number of rotatable bonds is 8. The summed E-state index contributed by atoms with van der Waals surface area (Å²) >= 11 is 6.04. The number of amides is 2. The van der Waals surface area contributed by atoms with Gasteiger partial charge in [-0.15, -0.1) is 0 Å². The third-order valence-corrected chi connectivity index (χ3v) is 5.37. The molecular weight excluding hydrogens is 388 g/mol. The summed E-state index contributed by atoms with van der Waals surface area (Å²) in [6.45, 7) is 1.82. The summed E-state index contributed by atoms with van der Waals surface area (Å²) in [4.78, 5) is 26.5. The first-order valence-electron chi connectivity index (χ1n) is 10.1. The molecule has 1 N–H and O–H groups in total. The van der Waals surface area contributed by atoms with Gasteiger partial charge in [-0.1, -0.05) is 54.1 Å². The predicted molar refractivity (Wildman–Crippen MR) is 114 cm³/mol. The van der Waals surface area contributed by atoms with Crippen LogP contribution in [-0.2, 0) is 16.0 Å². The standard InChI is InChI=1S/C23H27ClN2O3/c24-20-9-4-5-10-21(20)29-16-6-11-22(27)25-19-12-14-26(15-13-19)23(28)17-18-7-2-1-3-8-18/h1-5,7-10,19H,6,11-17H2,(H,25,27). The number of hydrogen-bond donors (Lipinski definition) is 1. The zero-order chi connectivity index (χ0) is 20.5. The first kappa shape index (κ1) is 21.2. The Morgan fingerprint density at radius 1 is 1.03 bits per heavy atom. The summed E-state index contributed by atoms with van der Waals surface area (Å²) in [5.74, 6) is 0.821. The van der Waals surface area contributed by atoms with Gasteiger partial charge in [0.2, 0.25) is 11.8 Å². The molecule has 0 spiro atoms. The lowest BCUT2D eigenvalue weighted by Crippen LogP contribution is -2.47. The minimum absolute atomic E-state index is 0.0295. The van der Waals surface area contributed by atoms with E-state index >= 15 is 0 Å². The Bertz CT molecular complexity index is 805. The summed E-state index contributed by atoms with van der Waals surface area (Å²) in [5, 5.41) is 3.65. The first-order valence-corrected chi connectivity index (χ1v) is 10.5. The molecule has 0 bridgehead atoms. The number of likely N-dealkylation sites (tertiary alicyclic amines) is 1. The fourth-order valence-electron chi connectivity index (χ4n) is 3.43. The molecular formula is C23H27ClN2O3. The lowest BCUT2D eigenvalue weighted by atomic mass is 10.0. The van der Waals surface area contributed by atoms with Gasteiger partial charge < -0.3 is 15.0 Å². The average molecular weight is 415 g/mol. The van der Waals surface area contributed by atoms with Gasteiger partial charge in [-0.05, 0) is 37.0 Å². The van der Waals surface area contributed by atoms with Crippen LogP contribution in [0.1, 0.15) is 31.2 Å². The Morgan fingerprint density at radius 3 is 2.45 bits per heavy atom. The van der Waals surface area contributed by atoms with E-state index in [1.165, 1.54) is 0 Å². The van der Waals surface area contributed by atoms with E-state index in [1.54, 1.807) is 6.07 Å². The monoisotopic (exact) mass is 414 g/mol. The number of piperidine rings is 1. The van der Waals surface area contributed by atoms with E-state index < -0.39 is 0 Å². The van der Waals surface area contributed by atoms with Crippen molar-refractivity contribution in [3.8, 4) is 5.75 Å². The number of carbonyl (C=O) groups is 2. The van der Waals surface area contributed by atoms with Crippen molar-refractivity contribution in [2.45, 2.75) is 38.1 Å². The van der Waals surface area contributed by atoms with Gasteiger partial charge in [-0.3, -0.25) is 9.59 Å². The fraction of sp³-hybridized carbons (Fsp3) is 0.391. The van der Waals surface area contributed by atoms with Gasteiger partial charge in [0.05, 0.1) is 18.1 Å². The molecule has 2 aromatic rings. The predicted octanol–water partition coefficient (Wildman–Crippen LogP) is 3.85. The van der Waals surface area contributed by atoms with Gasteiger partial charge in [0, 0.05) is 25.6 Å². The van der Waals surface area contributed by atoms with Crippen LogP contribution in [0.15, 0.2) is 54.6 Å². The molecule has 1 heterocycles. The van der Waals surface area contributed by atoms with Gasteiger partial charge in [0.1, 0.15) is 5.75 Å². The van der Waals surface area contributed by atoms with E-state index in [1.807, 2.05) is 53.4 Å². The van der Waals surface area contributed by atoms with E-state index in [4.69, 9.17) is 16.3 Å². The average Bonchev–Trinajstić information content (AvgIpc) is 2.73. The summed E-state index contributed by atoms with van der Waals surface area (Å²) in [6.07, 6.45) is 3.07. The summed E-state index contributed by atoms with van der Waals surface area (Å²) < 4.78 is 5.61. The molecule has 1 saturated heterocycles. The van der Waals surface area contributed by atoms with E-state index in [2.05, 4.69) is 5.32 Å². The molecule has 1 aliphatic heterocycles. The van der Waals surface area contributed by atoms with Crippen molar-refractivity contribution < 1.29 is 14.3 Å². The molecule has 0 aromatic heterocycles. The van der Waals surface area contributed by atoms with Gasteiger partial charge in [-0.2, -0.15) is 0 Å². The Morgan fingerprint density at radius 2 is 1.72 bits per heavy atom. The maximum atomic E-state index is 12.4. The molecule has 0 aliphatic carbocycles. The number of carbonyl (C=O) groups excluding carboxylic acids is 2. The molecule has 3 rings (SSSR count). The molecule has 1 fully saturated rings. The number of benzene rings is 2. The topological polar surface area (TPSA) is 58.6 Å². The van der Waals surface area contributed by atoms with Crippen LogP contribution in [0.5, 0.6) is 5.75 Å². The molecule has 2 aromatic carbocycles. The minimum Gasteiger partial charge on any atom is -0.492 e. The molecule has 1 aliphatic rings. The van der Waals surface area contributed by atoms with Crippen LogP contribution < -0.4 is 10.1 Å². The van der Waals surface area contributed by atoms with E-state index in [0.29, 0.717) is 49.7 Å². The second kappa shape index (κ2) is 10.9. The second-order valence-electron chi connectivity index (χ2n) is 7.27. The number of nitrogens with one attached hydrogen (secondary N) is 1. The van der Waals surface area contributed by atoms with Crippen LogP contribution in [0.25, 0.3) is 0 Å². The highest BCUT2D eigenvalue weighted by Gasteiger charge is 2.23. The Labute approximate surface area is 177 Å². The van der Waals surface area contributed by atoms with Gasteiger partial charge in [0.15, 0.2) is 0 Å². The molecule has 0 saturated carbocycles. The van der Waals surface area contributed by atoms with Gasteiger partial charge >= 0.3 is 0 Å². The zero-order valence-electron chi connectivity index (χ0n) is 16.5. The van der Waals surface area contributed by atoms with Crippen LogP contribution in [0, 0.1) is 0 Å². The third-order valence-electron chi connectivity index (χ3n) is 5.05. The molecule has 6 heteroatoms. The Kier molecular flexibility index (Phi) is 7.94. The van der Waals surface area contributed by atoms with Crippen molar-refractivity contribution in [3.05, 3.63) is 65.2 Å². The van der Waals surface area contributed by atoms with E-state index in [9.17, 15) is 9.59 Å². The van der Waals surface area contributed by atoms with Crippen LogP contribution >= 0.6 is 11.6 Å². The summed E-state index contributed by atoms with van der Waals surface area (Å²) in [6, 6.07) is 17.2. The normalized spacial score (nSPS) is 14.4. The number of halogens is 1. The molecule has 29 heavy (non-hydrogen) atoms. The van der Waals surface area contributed by atoms with Crippen molar-refractivity contribution in [2.75, 3.05) is 19.7 Å². The van der Waals surface area contributed by atoms with E-state index in [0.717, 1.165) is 18.4 Å². The SMILES string of the molecule is O=C(CCCOc1ccccc1Cl)NC1CCN(C(=O)Cc2ccccc2)CC1. The lowest BCUT2D eigenvalue weighted by Gasteiger charge is -2.32. The van der Waals surface area contributed by atoms with Crippen molar-refractivity contribution in [2.24, 2.45) is 0 Å². The van der Waals surface area contributed by atoms with Crippen LogP contribution in [0.2, 0.25) is 5.02 Å². The lowest BCUT2D eigenvalue weighted by molar-refractivity contribution is -0.131. The first-order chi connectivity index (χ1) is 14.1. The maximum absolute atomic E-state index is 12.4. The second-order valence-corrected chi connectivity index (χ2v) is 7.67. The van der Waals surface area contributed by atoms with E-state index in [-0.39, 0.29) is 17.9 Å². The number of nitrogens with zero attached hydrogens (tertiary/aromatic N) is 1. The van der Waals surface area contributed by atoms with Gasteiger partial charge in [0.25, 0.3) is 0 Å². The quantitative estimate of drug-likeness (QED) is 0.667. The number of ether oxygens (including phenoxy) is 1. The van der Waals surface area contributed by atoms with Crippen molar-refractivity contribution >= 4 is 23.4 Å². The minimum atomic E-state index is 0.0295. The molecule has 0 radical (unpaired) electrons. The molecule has 0 unspecified atom stereocenters. The highest BCUT2D eigenvalue weighted by Crippen LogP contribution is 2.23.